The molecule has 2 unspecified atom stereocenters. The average molecular weight is 315 g/mol. The van der Waals surface area contributed by atoms with E-state index in [1.165, 1.54) is 19.2 Å². The van der Waals surface area contributed by atoms with E-state index in [4.69, 9.17) is 5.73 Å². The van der Waals surface area contributed by atoms with Crippen molar-refractivity contribution in [2.45, 2.75) is 29.4 Å². The minimum Gasteiger partial charge on any atom is -0.327 e. The van der Waals surface area contributed by atoms with E-state index in [0.29, 0.717) is 16.8 Å². The van der Waals surface area contributed by atoms with Gasteiger partial charge in [-0.3, -0.25) is 0 Å². The van der Waals surface area contributed by atoms with E-state index in [1.807, 2.05) is 0 Å². The molecule has 0 aliphatic heterocycles. The van der Waals surface area contributed by atoms with Crippen molar-refractivity contribution in [3.05, 3.63) is 22.8 Å². The van der Waals surface area contributed by atoms with Crippen LogP contribution in [0.2, 0.25) is 0 Å². The van der Waals surface area contributed by atoms with Crippen molar-refractivity contribution in [3.63, 3.8) is 0 Å². The van der Waals surface area contributed by atoms with Gasteiger partial charge in [0.15, 0.2) is 0 Å². The van der Waals surface area contributed by atoms with Gasteiger partial charge in [-0.1, -0.05) is 11.8 Å². The third-order valence-corrected chi connectivity index (χ3v) is 3.65. The molecule has 0 aromatic carbocycles. The van der Waals surface area contributed by atoms with Crippen molar-refractivity contribution in [2.24, 2.45) is 5.73 Å². The highest BCUT2D eigenvalue weighted by atomic mass is 79.9. The molecule has 1 aromatic rings. The average Bonchev–Trinajstić information content (AvgIpc) is 2.14. The number of thioether (sulfide) groups is 1. The highest BCUT2D eigenvalue weighted by molar-refractivity contribution is 9.10. The number of hydrogen-bond donors (Lipinski definition) is 1. The molecule has 0 amide bonds. The van der Waals surface area contributed by atoms with E-state index in [9.17, 15) is 13.2 Å². The predicted octanol–water partition coefficient (Wildman–Crippen LogP) is 3.21. The quantitative estimate of drug-likeness (QED) is 0.871. The lowest BCUT2D eigenvalue weighted by Gasteiger charge is -2.22. The molecule has 0 saturated heterocycles. The van der Waals surface area contributed by atoms with Crippen LogP contribution < -0.4 is 5.73 Å². The molecule has 2 nitrogen and oxygen atoms in total. The van der Waals surface area contributed by atoms with E-state index in [1.54, 1.807) is 6.07 Å². The van der Waals surface area contributed by atoms with E-state index in [2.05, 4.69) is 20.9 Å². The maximum atomic E-state index is 12.6. The summed E-state index contributed by atoms with van der Waals surface area (Å²) >= 11 is 3.79. The van der Waals surface area contributed by atoms with E-state index < -0.39 is 17.5 Å². The van der Waals surface area contributed by atoms with E-state index in [-0.39, 0.29) is 0 Å². The molecule has 0 radical (unpaired) electrons. The Kier molecular flexibility index (Phi) is 4.63. The molecule has 0 aliphatic carbocycles. The summed E-state index contributed by atoms with van der Waals surface area (Å²) in [6, 6.07) is 2.19. The summed E-state index contributed by atoms with van der Waals surface area (Å²) in [5, 5.41) is -1.33. The van der Waals surface area contributed by atoms with Crippen LogP contribution >= 0.6 is 27.7 Å². The molecule has 0 spiro atoms. The number of alkyl halides is 3. The van der Waals surface area contributed by atoms with Gasteiger partial charge in [-0.2, -0.15) is 13.2 Å². The summed E-state index contributed by atoms with van der Waals surface area (Å²) < 4.78 is 38.5. The normalized spacial score (nSPS) is 15.9. The zero-order chi connectivity index (χ0) is 12.3. The Labute approximate surface area is 104 Å². The third kappa shape index (κ3) is 3.95. The van der Waals surface area contributed by atoms with Crippen molar-refractivity contribution in [2.75, 3.05) is 0 Å². The molecule has 7 heteroatoms. The molecule has 0 bridgehead atoms. The van der Waals surface area contributed by atoms with E-state index >= 15 is 0 Å². The largest absolute Gasteiger partial charge is 0.402 e. The van der Waals surface area contributed by atoms with E-state index in [0.717, 1.165) is 4.47 Å². The standard InChI is InChI=1S/C9H10BrF3N2S/c1-5(14)8(9(11,12)13)16-7-3-2-6(10)4-15-7/h2-5,8H,14H2,1H3. The number of halogens is 4. The van der Waals surface area contributed by atoms with Crippen LogP contribution in [0.15, 0.2) is 27.8 Å². The first-order valence-corrected chi connectivity index (χ1v) is 6.08. The Morgan fingerprint density at radius 1 is 1.44 bits per heavy atom. The molecule has 90 valence electrons. The first-order valence-electron chi connectivity index (χ1n) is 4.41. The summed E-state index contributed by atoms with van der Waals surface area (Å²) in [6.07, 6.45) is -2.87. The Balaban J connectivity index is 2.80. The second-order valence-electron chi connectivity index (χ2n) is 3.25. The van der Waals surface area contributed by atoms with Gasteiger partial charge in [-0.25, -0.2) is 4.98 Å². The van der Waals surface area contributed by atoms with Crippen LogP contribution in [0.25, 0.3) is 0 Å². The van der Waals surface area contributed by atoms with Crippen LogP contribution in [0.4, 0.5) is 13.2 Å². The first kappa shape index (κ1) is 13.8. The van der Waals surface area contributed by atoms with Gasteiger partial charge in [0.2, 0.25) is 0 Å². The number of nitrogens with two attached hydrogens (primary N) is 1. The minimum atomic E-state index is -4.33. The molecule has 16 heavy (non-hydrogen) atoms. The summed E-state index contributed by atoms with van der Waals surface area (Å²) in [5.74, 6) is 0. The Morgan fingerprint density at radius 2 is 2.06 bits per heavy atom. The van der Waals surface area contributed by atoms with Gasteiger partial charge in [-0.15, -0.1) is 0 Å². The predicted molar refractivity (Wildman–Crippen MR) is 61.3 cm³/mol. The lowest BCUT2D eigenvalue weighted by atomic mass is 10.2. The highest BCUT2D eigenvalue weighted by Gasteiger charge is 2.42. The number of nitrogens with zero attached hydrogens (tertiary/aromatic N) is 1. The first-order chi connectivity index (χ1) is 7.30. The van der Waals surface area contributed by atoms with Gasteiger partial charge in [0, 0.05) is 16.7 Å². The molecule has 1 heterocycles. The molecule has 1 aromatic heterocycles. The number of aromatic nitrogens is 1. The number of pyridine rings is 1. The molecule has 1 rings (SSSR count). The lowest BCUT2D eigenvalue weighted by molar-refractivity contribution is -0.131. The molecular formula is C9H10BrF3N2S. The topological polar surface area (TPSA) is 38.9 Å². The lowest BCUT2D eigenvalue weighted by Crippen LogP contribution is -2.40. The summed E-state index contributed by atoms with van der Waals surface area (Å²) in [5.41, 5.74) is 5.32. The maximum Gasteiger partial charge on any atom is 0.402 e. The number of rotatable bonds is 3. The molecule has 2 atom stereocenters. The Bertz CT molecular complexity index is 340. The van der Waals surface area contributed by atoms with Crippen molar-refractivity contribution in [3.8, 4) is 0 Å². The van der Waals surface area contributed by atoms with Crippen LogP contribution in [0, 0.1) is 0 Å². The third-order valence-electron chi connectivity index (χ3n) is 1.75. The molecule has 0 saturated carbocycles. The molecule has 2 N–H and O–H groups in total. The summed E-state index contributed by atoms with van der Waals surface area (Å²) in [6.45, 7) is 1.34. The van der Waals surface area contributed by atoms with Crippen LogP contribution in [-0.4, -0.2) is 22.5 Å². The fourth-order valence-electron chi connectivity index (χ4n) is 1.03. The summed E-state index contributed by atoms with van der Waals surface area (Å²) in [4.78, 5) is 3.87. The fourth-order valence-corrected chi connectivity index (χ4v) is 2.14. The second-order valence-corrected chi connectivity index (χ2v) is 5.33. The molecule has 0 fully saturated rings. The van der Waals surface area contributed by atoms with Crippen LogP contribution in [0.1, 0.15) is 6.92 Å². The zero-order valence-electron chi connectivity index (χ0n) is 8.33. The highest BCUT2D eigenvalue weighted by Crippen LogP contribution is 2.35. The van der Waals surface area contributed by atoms with Gasteiger partial charge in [0.05, 0.1) is 5.03 Å². The van der Waals surface area contributed by atoms with Gasteiger partial charge < -0.3 is 5.73 Å². The number of hydrogen-bond acceptors (Lipinski definition) is 3. The SMILES string of the molecule is CC(N)C(Sc1ccc(Br)cn1)C(F)(F)F. The minimum absolute atomic E-state index is 0.308. The van der Waals surface area contributed by atoms with Crippen molar-refractivity contribution in [1.29, 1.82) is 0 Å². The smallest absolute Gasteiger partial charge is 0.327 e. The molecular weight excluding hydrogens is 305 g/mol. The Morgan fingerprint density at radius 3 is 2.44 bits per heavy atom. The maximum absolute atomic E-state index is 12.6. The van der Waals surface area contributed by atoms with Gasteiger partial charge in [0.1, 0.15) is 5.25 Å². The Hall–Kier alpha value is -0.270. The van der Waals surface area contributed by atoms with Crippen LogP contribution in [0.3, 0.4) is 0 Å². The monoisotopic (exact) mass is 314 g/mol. The van der Waals surface area contributed by atoms with Gasteiger partial charge >= 0.3 is 6.18 Å². The van der Waals surface area contributed by atoms with Crippen molar-refractivity contribution in [1.82, 2.24) is 4.98 Å². The van der Waals surface area contributed by atoms with Gasteiger partial charge in [-0.05, 0) is 35.0 Å². The zero-order valence-corrected chi connectivity index (χ0v) is 10.7. The summed E-state index contributed by atoms with van der Waals surface area (Å²) in [7, 11) is 0. The fraction of sp³-hybridized carbons (Fsp3) is 0.444. The van der Waals surface area contributed by atoms with Crippen molar-refractivity contribution < 1.29 is 13.2 Å². The molecule has 0 aliphatic rings. The second kappa shape index (κ2) is 5.37. The van der Waals surface area contributed by atoms with Gasteiger partial charge in [0.25, 0.3) is 0 Å². The van der Waals surface area contributed by atoms with Crippen LogP contribution in [-0.2, 0) is 0 Å². The van der Waals surface area contributed by atoms with Crippen LogP contribution in [0.5, 0.6) is 0 Å². The van der Waals surface area contributed by atoms with Crippen molar-refractivity contribution >= 4 is 27.7 Å².